The molecule has 0 saturated carbocycles. The molecule has 0 bridgehead atoms. The van der Waals surface area contributed by atoms with Gasteiger partial charge in [0, 0.05) is 6.54 Å². The second-order valence-corrected chi connectivity index (χ2v) is 3.97. The number of aliphatic hydroxyl groups excluding tert-OH is 2. The molecule has 0 aliphatic carbocycles. The van der Waals surface area contributed by atoms with Crippen molar-refractivity contribution >= 4 is 15.9 Å². The van der Waals surface area contributed by atoms with Crippen LogP contribution in [0.4, 0.5) is 0 Å². The highest BCUT2D eigenvalue weighted by Crippen LogP contribution is 2.26. The van der Waals surface area contributed by atoms with Crippen molar-refractivity contribution in [3.05, 3.63) is 16.4 Å². The zero-order valence-electron chi connectivity index (χ0n) is 8.31. The zero-order valence-corrected chi connectivity index (χ0v) is 9.90. The summed E-state index contributed by atoms with van der Waals surface area (Å²) in [6.45, 7) is 4.44. The molecule has 1 aromatic rings. The molecule has 0 amide bonds. The summed E-state index contributed by atoms with van der Waals surface area (Å²) in [6.07, 6.45) is 0.526. The van der Waals surface area contributed by atoms with E-state index >= 15 is 0 Å². The topological polar surface area (TPSA) is 58.3 Å². The second kappa shape index (κ2) is 4.91. The molecule has 0 saturated heterocycles. The van der Waals surface area contributed by atoms with Gasteiger partial charge in [0.05, 0.1) is 22.5 Å². The highest BCUT2D eigenvalue weighted by atomic mass is 79.9. The standard InChI is InChI=1S/C9H15BrN2O2/c1-3-7(13)9(14)8-6(10)5-11-12(8)4-2/h5,7,9,13-14H,3-4H2,1-2H3. The van der Waals surface area contributed by atoms with Gasteiger partial charge in [-0.2, -0.15) is 5.10 Å². The van der Waals surface area contributed by atoms with Crippen molar-refractivity contribution in [2.24, 2.45) is 0 Å². The van der Waals surface area contributed by atoms with Crippen molar-refractivity contribution in [1.29, 1.82) is 0 Å². The molecular weight excluding hydrogens is 248 g/mol. The maximum atomic E-state index is 9.83. The van der Waals surface area contributed by atoms with Crippen LogP contribution in [0, 0.1) is 0 Å². The first-order chi connectivity index (χ1) is 6.61. The molecular formula is C9H15BrN2O2. The SMILES string of the molecule is CCC(O)C(O)c1c(Br)cnn1CC. The molecule has 5 heteroatoms. The van der Waals surface area contributed by atoms with Crippen molar-refractivity contribution in [3.8, 4) is 0 Å². The molecule has 2 N–H and O–H groups in total. The van der Waals surface area contributed by atoms with Gasteiger partial charge in [0.25, 0.3) is 0 Å². The van der Waals surface area contributed by atoms with Gasteiger partial charge in [0.2, 0.25) is 0 Å². The number of halogens is 1. The van der Waals surface area contributed by atoms with Crippen LogP contribution in [0.2, 0.25) is 0 Å². The first-order valence-corrected chi connectivity index (χ1v) is 5.48. The summed E-state index contributed by atoms with van der Waals surface area (Å²) >= 11 is 3.30. The lowest BCUT2D eigenvalue weighted by Crippen LogP contribution is -2.20. The van der Waals surface area contributed by atoms with Crippen LogP contribution in [0.25, 0.3) is 0 Å². The molecule has 2 unspecified atom stereocenters. The molecule has 14 heavy (non-hydrogen) atoms. The van der Waals surface area contributed by atoms with E-state index in [1.165, 1.54) is 0 Å². The maximum absolute atomic E-state index is 9.83. The number of hydrogen-bond acceptors (Lipinski definition) is 3. The number of aryl methyl sites for hydroxylation is 1. The summed E-state index contributed by atoms with van der Waals surface area (Å²) in [6, 6.07) is 0. The van der Waals surface area contributed by atoms with Gasteiger partial charge in [-0.05, 0) is 29.3 Å². The quantitative estimate of drug-likeness (QED) is 0.864. The minimum atomic E-state index is -0.878. The Hall–Kier alpha value is -0.390. The second-order valence-electron chi connectivity index (χ2n) is 3.11. The van der Waals surface area contributed by atoms with E-state index in [0.29, 0.717) is 18.7 Å². The van der Waals surface area contributed by atoms with Crippen molar-refractivity contribution in [2.75, 3.05) is 0 Å². The molecule has 0 fully saturated rings. The molecule has 0 aromatic carbocycles. The van der Waals surface area contributed by atoms with Crippen LogP contribution < -0.4 is 0 Å². The number of aromatic nitrogens is 2. The molecule has 1 aromatic heterocycles. The zero-order chi connectivity index (χ0) is 10.7. The molecule has 1 heterocycles. The average Bonchev–Trinajstić information content (AvgIpc) is 2.57. The minimum absolute atomic E-state index is 0.516. The van der Waals surface area contributed by atoms with Crippen LogP contribution in [0.15, 0.2) is 10.7 Å². The van der Waals surface area contributed by atoms with E-state index in [-0.39, 0.29) is 0 Å². The molecule has 0 radical (unpaired) electrons. The Morgan fingerprint density at radius 3 is 2.64 bits per heavy atom. The molecule has 0 spiro atoms. The normalized spacial score (nSPS) is 15.5. The largest absolute Gasteiger partial charge is 0.390 e. The highest BCUT2D eigenvalue weighted by Gasteiger charge is 2.23. The summed E-state index contributed by atoms with van der Waals surface area (Å²) < 4.78 is 2.41. The lowest BCUT2D eigenvalue weighted by atomic mass is 10.1. The molecule has 2 atom stereocenters. The number of nitrogens with zero attached hydrogens (tertiary/aromatic N) is 2. The van der Waals surface area contributed by atoms with Crippen molar-refractivity contribution in [1.82, 2.24) is 9.78 Å². The third kappa shape index (κ3) is 2.16. The summed E-state index contributed by atoms with van der Waals surface area (Å²) in [5.41, 5.74) is 0.641. The Balaban J connectivity index is 2.97. The van der Waals surface area contributed by atoms with Gasteiger partial charge in [-0.25, -0.2) is 0 Å². The Morgan fingerprint density at radius 1 is 1.50 bits per heavy atom. The van der Waals surface area contributed by atoms with Crippen LogP contribution in [0.5, 0.6) is 0 Å². The van der Waals surface area contributed by atoms with Crippen molar-refractivity contribution in [2.45, 2.75) is 39.0 Å². The monoisotopic (exact) mass is 262 g/mol. The van der Waals surface area contributed by atoms with E-state index in [9.17, 15) is 10.2 Å². The summed E-state index contributed by atoms with van der Waals surface area (Å²) in [5.74, 6) is 0. The molecule has 0 aliphatic rings. The van der Waals surface area contributed by atoms with Crippen LogP contribution in [0.3, 0.4) is 0 Å². The average molecular weight is 263 g/mol. The first-order valence-electron chi connectivity index (χ1n) is 4.69. The fourth-order valence-corrected chi connectivity index (χ4v) is 1.85. The third-order valence-corrected chi connectivity index (χ3v) is 2.81. The van der Waals surface area contributed by atoms with Crippen LogP contribution in [-0.4, -0.2) is 26.1 Å². The Morgan fingerprint density at radius 2 is 2.14 bits per heavy atom. The predicted octanol–water partition coefficient (Wildman–Crippen LogP) is 1.47. The van der Waals surface area contributed by atoms with Gasteiger partial charge in [-0.15, -0.1) is 0 Å². The van der Waals surface area contributed by atoms with Crippen molar-refractivity contribution in [3.63, 3.8) is 0 Å². The number of rotatable bonds is 4. The Kier molecular flexibility index (Phi) is 4.10. The Bertz CT molecular complexity index is 301. The summed E-state index contributed by atoms with van der Waals surface area (Å²) in [4.78, 5) is 0. The smallest absolute Gasteiger partial charge is 0.123 e. The van der Waals surface area contributed by atoms with Gasteiger partial charge in [-0.1, -0.05) is 6.92 Å². The molecule has 4 nitrogen and oxygen atoms in total. The van der Waals surface area contributed by atoms with E-state index in [1.807, 2.05) is 13.8 Å². The third-order valence-electron chi connectivity index (χ3n) is 2.20. The summed E-state index contributed by atoms with van der Waals surface area (Å²) in [5, 5.41) is 23.4. The minimum Gasteiger partial charge on any atom is -0.390 e. The van der Waals surface area contributed by atoms with E-state index in [0.717, 1.165) is 4.47 Å². The van der Waals surface area contributed by atoms with E-state index in [2.05, 4.69) is 21.0 Å². The number of aliphatic hydroxyl groups is 2. The molecule has 1 rings (SSSR count). The summed E-state index contributed by atoms with van der Waals surface area (Å²) in [7, 11) is 0. The van der Waals surface area contributed by atoms with Gasteiger partial charge >= 0.3 is 0 Å². The Labute approximate surface area is 91.7 Å². The van der Waals surface area contributed by atoms with Crippen LogP contribution >= 0.6 is 15.9 Å². The lowest BCUT2D eigenvalue weighted by Gasteiger charge is -2.17. The fraction of sp³-hybridized carbons (Fsp3) is 0.667. The lowest BCUT2D eigenvalue weighted by molar-refractivity contribution is 0.0108. The van der Waals surface area contributed by atoms with Crippen LogP contribution in [-0.2, 0) is 6.54 Å². The molecule has 80 valence electrons. The first kappa shape index (κ1) is 11.7. The number of hydrogen-bond donors (Lipinski definition) is 2. The van der Waals surface area contributed by atoms with Gasteiger partial charge in [0.15, 0.2) is 0 Å². The van der Waals surface area contributed by atoms with Gasteiger partial charge in [-0.3, -0.25) is 4.68 Å². The van der Waals surface area contributed by atoms with E-state index in [1.54, 1.807) is 10.9 Å². The molecule has 0 aliphatic heterocycles. The van der Waals surface area contributed by atoms with Gasteiger partial charge in [0.1, 0.15) is 6.10 Å². The fourth-order valence-electron chi connectivity index (χ4n) is 1.32. The van der Waals surface area contributed by atoms with E-state index < -0.39 is 12.2 Å². The van der Waals surface area contributed by atoms with Crippen LogP contribution in [0.1, 0.15) is 32.1 Å². The maximum Gasteiger partial charge on any atom is 0.123 e. The van der Waals surface area contributed by atoms with E-state index in [4.69, 9.17) is 0 Å². The predicted molar refractivity (Wildman–Crippen MR) is 56.9 cm³/mol. The van der Waals surface area contributed by atoms with Gasteiger partial charge < -0.3 is 10.2 Å². The highest BCUT2D eigenvalue weighted by molar-refractivity contribution is 9.10. The van der Waals surface area contributed by atoms with Crippen molar-refractivity contribution < 1.29 is 10.2 Å².